The van der Waals surface area contributed by atoms with Crippen molar-refractivity contribution >= 4 is 5.78 Å². The standard InChI is InChI=1S/C13H15NO/c1-2-3-7-13(15)11-6-4-5-10-8-14-9-12(10)11/h2,4-6,14H,1,3,7-9H2. The summed E-state index contributed by atoms with van der Waals surface area (Å²) in [6, 6.07) is 5.98. The lowest BCUT2D eigenvalue weighted by Crippen LogP contribution is -2.05. The van der Waals surface area contributed by atoms with Crippen LogP contribution in [-0.2, 0) is 13.1 Å². The van der Waals surface area contributed by atoms with Crippen molar-refractivity contribution in [2.75, 3.05) is 0 Å². The van der Waals surface area contributed by atoms with Crippen molar-refractivity contribution < 1.29 is 4.79 Å². The molecule has 0 aromatic heterocycles. The van der Waals surface area contributed by atoms with Crippen LogP contribution in [0.25, 0.3) is 0 Å². The van der Waals surface area contributed by atoms with E-state index in [0.717, 1.165) is 25.1 Å². The number of carbonyl (C=O) groups is 1. The maximum atomic E-state index is 11.9. The third-order valence-electron chi connectivity index (χ3n) is 2.77. The summed E-state index contributed by atoms with van der Waals surface area (Å²) in [4.78, 5) is 11.9. The number of allylic oxidation sites excluding steroid dienone is 1. The van der Waals surface area contributed by atoms with Gasteiger partial charge in [-0.1, -0.05) is 24.3 Å². The molecule has 0 bridgehead atoms. The van der Waals surface area contributed by atoms with Crippen LogP contribution in [0.2, 0.25) is 0 Å². The highest BCUT2D eigenvalue weighted by molar-refractivity contribution is 5.98. The molecule has 78 valence electrons. The molecular weight excluding hydrogens is 186 g/mol. The smallest absolute Gasteiger partial charge is 0.163 e. The normalized spacial score (nSPS) is 13.6. The van der Waals surface area contributed by atoms with Crippen LogP contribution < -0.4 is 5.32 Å². The SMILES string of the molecule is C=CCCC(=O)c1cccc2c1CNC2. The van der Waals surface area contributed by atoms with Crippen molar-refractivity contribution in [3.63, 3.8) is 0 Å². The van der Waals surface area contributed by atoms with E-state index in [0.29, 0.717) is 6.42 Å². The van der Waals surface area contributed by atoms with Gasteiger partial charge in [0.25, 0.3) is 0 Å². The molecule has 2 heteroatoms. The predicted octanol–water partition coefficient (Wildman–Crippen LogP) is 2.44. The molecular formula is C13H15NO. The number of nitrogens with one attached hydrogen (secondary N) is 1. The molecule has 0 radical (unpaired) electrons. The van der Waals surface area contributed by atoms with Gasteiger partial charge in [-0.25, -0.2) is 0 Å². The molecule has 2 nitrogen and oxygen atoms in total. The highest BCUT2D eigenvalue weighted by atomic mass is 16.1. The molecule has 1 aliphatic rings. The van der Waals surface area contributed by atoms with Gasteiger partial charge < -0.3 is 5.32 Å². The Balaban J connectivity index is 2.24. The predicted molar refractivity (Wildman–Crippen MR) is 60.7 cm³/mol. The quantitative estimate of drug-likeness (QED) is 0.599. The van der Waals surface area contributed by atoms with E-state index < -0.39 is 0 Å². The van der Waals surface area contributed by atoms with Crippen molar-refractivity contribution in [2.24, 2.45) is 0 Å². The monoisotopic (exact) mass is 201 g/mol. The molecule has 0 saturated carbocycles. The Bertz CT molecular complexity index is 396. The van der Waals surface area contributed by atoms with Crippen molar-refractivity contribution in [2.45, 2.75) is 25.9 Å². The highest BCUT2D eigenvalue weighted by Gasteiger charge is 2.17. The lowest BCUT2D eigenvalue weighted by molar-refractivity contribution is 0.0983. The van der Waals surface area contributed by atoms with Crippen molar-refractivity contribution in [1.82, 2.24) is 5.32 Å². The highest BCUT2D eigenvalue weighted by Crippen LogP contribution is 2.21. The van der Waals surface area contributed by atoms with E-state index in [1.165, 1.54) is 11.1 Å². The van der Waals surface area contributed by atoms with Crippen molar-refractivity contribution in [3.8, 4) is 0 Å². The first kappa shape index (κ1) is 10.1. The summed E-state index contributed by atoms with van der Waals surface area (Å²) in [5.74, 6) is 0.232. The Hall–Kier alpha value is -1.41. The van der Waals surface area contributed by atoms with Crippen molar-refractivity contribution in [1.29, 1.82) is 0 Å². The second kappa shape index (κ2) is 4.41. The fourth-order valence-electron chi connectivity index (χ4n) is 1.96. The minimum absolute atomic E-state index is 0.232. The van der Waals surface area contributed by atoms with Gasteiger partial charge in [-0.05, 0) is 17.5 Å². The van der Waals surface area contributed by atoms with Gasteiger partial charge in [0.1, 0.15) is 0 Å². The molecule has 1 aliphatic heterocycles. The molecule has 15 heavy (non-hydrogen) atoms. The van der Waals surface area contributed by atoms with Crippen LogP contribution in [0.15, 0.2) is 30.9 Å². The average molecular weight is 201 g/mol. The molecule has 1 aromatic rings. The van der Waals surface area contributed by atoms with Crippen LogP contribution in [0.4, 0.5) is 0 Å². The maximum Gasteiger partial charge on any atom is 0.163 e. The number of hydrogen-bond donors (Lipinski definition) is 1. The van der Waals surface area contributed by atoms with Gasteiger partial charge >= 0.3 is 0 Å². The molecule has 0 unspecified atom stereocenters. The Morgan fingerprint density at radius 1 is 1.47 bits per heavy atom. The summed E-state index contributed by atoms with van der Waals surface area (Å²) >= 11 is 0. The van der Waals surface area contributed by atoms with E-state index in [-0.39, 0.29) is 5.78 Å². The summed E-state index contributed by atoms with van der Waals surface area (Å²) in [7, 11) is 0. The molecule has 0 atom stereocenters. The lowest BCUT2D eigenvalue weighted by Gasteiger charge is -2.05. The van der Waals surface area contributed by atoms with Crippen LogP contribution >= 0.6 is 0 Å². The molecule has 0 spiro atoms. The van der Waals surface area contributed by atoms with Gasteiger partial charge in [0, 0.05) is 25.1 Å². The van der Waals surface area contributed by atoms with Crippen LogP contribution in [0.1, 0.15) is 34.3 Å². The maximum absolute atomic E-state index is 11.9. The van der Waals surface area contributed by atoms with E-state index in [4.69, 9.17) is 0 Å². The minimum Gasteiger partial charge on any atom is -0.309 e. The Labute approximate surface area is 90.0 Å². The van der Waals surface area contributed by atoms with E-state index in [2.05, 4.69) is 18.0 Å². The molecule has 0 fully saturated rings. The Morgan fingerprint density at radius 3 is 3.13 bits per heavy atom. The number of hydrogen-bond acceptors (Lipinski definition) is 2. The van der Waals surface area contributed by atoms with E-state index >= 15 is 0 Å². The molecule has 0 amide bonds. The summed E-state index contributed by atoms with van der Waals surface area (Å²) < 4.78 is 0. The lowest BCUT2D eigenvalue weighted by atomic mass is 9.98. The number of rotatable bonds is 4. The van der Waals surface area contributed by atoms with Crippen LogP contribution in [-0.4, -0.2) is 5.78 Å². The van der Waals surface area contributed by atoms with Crippen molar-refractivity contribution in [3.05, 3.63) is 47.5 Å². The van der Waals surface area contributed by atoms with Gasteiger partial charge in [-0.15, -0.1) is 6.58 Å². The molecule has 0 saturated heterocycles. The van der Waals surface area contributed by atoms with Gasteiger partial charge in [0.15, 0.2) is 5.78 Å². The number of Topliss-reactive ketones (excluding diaryl/α,β-unsaturated/α-hetero) is 1. The number of carbonyl (C=O) groups excluding carboxylic acids is 1. The first-order valence-corrected chi connectivity index (χ1v) is 5.28. The second-order valence-electron chi connectivity index (χ2n) is 3.80. The topological polar surface area (TPSA) is 29.1 Å². The first-order valence-electron chi connectivity index (χ1n) is 5.28. The van der Waals surface area contributed by atoms with Gasteiger partial charge in [-0.3, -0.25) is 4.79 Å². The van der Waals surface area contributed by atoms with E-state index in [9.17, 15) is 4.79 Å². The third kappa shape index (κ3) is 2.00. The Kier molecular flexibility index (Phi) is 2.97. The van der Waals surface area contributed by atoms with Gasteiger partial charge in [0.05, 0.1) is 0 Å². The van der Waals surface area contributed by atoms with Crippen LogP contribution in [0.5, 0.6) is 0 Å². The molecule has 1 aromatic carbocycles. The number of ketones is 1. The van der Waals surface area contributed by atoms with E-state index in [1.54, 1.807) is 6.08 Å². The summed E-state index contributed by atoms with van der Waals surface area (Å²) in [5.41, 5.74) is 3.34. The zero-order valence-electron chi connectivity index (χ0n) is 8.75. The third-order valence-corrected chi connectivity index (χ3v) is 2.77. The average Bonchev–Trinajstić information content (AvgIpc) is 2.73. The van der Waals surface area contributed by atoms with E-state index in [1.807, 2.05) is 12.1 Å². The van der Waals surface area contributed by atoms with Crippen LogP contribution in [0, 0.1) is 0 Å². The van der Waals surface area contributed by atoms with Gasteiger partial charge in [-0.2, -0.15) is 0 Å². The number of benzene rings is 1. The molecule has 1 heterocycles. The molecule has 0 aliphatic carbocycles. The number of fused-ring (bicyclic) bond motifs is 1. The fourth-order valence-corrected chi connectivity index (χ4v) is 1.96. The molecule has 1 N–H and O–H groups in total. The summed E-state index contributed by atoms with van der Waals surface area (Å²) in [5, 5.41) is 3.27. The fraction of sp³-hybridized carbons (Fsp3) is 0.308. The first-order chi connectivity index (χ1) is 7.33. The second-order valence-corrected chi connectivity index (χ2v) is 3.80. The summed E-state index contributed by atoms with van der Waals surface area (Å²) in [6.07, 6.45) is 3.12. The van der Waals surface area contributed by atoms with Gasteiger partial charge in [0.2, 0.25) is 0 Å². The summed E-state index contributed by atoms with van der Waals surface area (Å²) in [6.45, 7) is 5.35. The largest absolute Gasteiger partial charge is 0.309 e. The minimum atomic E-state index is 0.232. The van der Waals surface area contributed by atoms with Crippen LogP contribution in [0.3, 0.4) is 0 Å². The molecule has 2 rings (SSSR count). The zero-order valence-corrected chi connectivity index (χ0v) is 8.75. The zero-order chi connectivity index (χ0) is 10.7. The Morgan fingerprint density at radius 2 is 2.33 bits per heavy atom.